The summed E-state index contributed by atoms with van der Waals surface area (Å²) in [5, 5.41) is 12.8. The second-order valence-electron chi connectivity index (χ2n) is 14.3. The Balaban J connectivity index is 1.47. The van der Waals surface area contributed by atoms with E-state index in [1.54, 1.807) is 0 Å². The van der Waals surface area contributed by atoms with Gasteiger partial charge in [0.15, 0.2) is 0 Å². The molecule has 7 rings (SSSR count). The van der Waals surface area contributed by atoms with Crippen LogP contribution in [0.15, 0.2) is 84.4 Å². The minimum Gasteiger partial charge on any atom is -0.507 e. The van der Waals surface area contributed by atoms with E-state index in [-0.39, 0.29) is 24.0 Å². The van der Waals surface area contributed by atoms with Gasteiger partial charge in [0.25, 0.3) is 11.8 Å². The lowest BCUT2D eigenvalue weighted by Gasteiger charge is -2.50. The maximum atomic E-state index is 15.1. The molecule has 6 atom stereocenters. The van der Waals surface area contributed by atoms with Gasteiger partial charge in [-0.1, -0.05) is 77.9 Å². The second-order valence-corrected chi connectivity index (χ2v) is 14.3. The van der Waals surface area contributed by atoms with E-state index in [2.05, 4.69) is 5.43 Å². The van der Waals surface area contributed by atoms with E-state index in [9.17, 15) is 19.5 Å². The number of likely N-dealkylation sites (tertiary alicyclic amines) is 1. The van der Waals surface area contributed by atoms with E-state index < -0.39 is 52.4 Å². The van der Waals surface area contributed by atoms with Crippen LogP contribution in [-0.2, 0) is 24.6 Å². The van der Waals surface area contributed by atoms with E-state index in [1.165, 1.54) is 4.90 Å². The number of aryl methyl sites for hydroxylation is 2. The average Bonchev–Trinajstić information content (AvgIpc) is 3.41. The molecule has 2 aliphatic heterocycles. The zero-order valence-electron chi connectivity index (χ0n) is 26.8. The molecular formula is C38H39N3O5. The van der Waals surface area contributed by atoms with Gasteiger partial charge in [0.2, 0.25) is 11.8 Å². The van der Waals surface area contributed by atoms with Crippen LogP contribution in [0.4, 0.5) is 5.69 Å². The number of phenolic OH excluding ortho intramolecular Hbond substituents is 1. The number of aromatic hydroxyl groups is 1. The number of fused-ring (bicyclic) bond motifs is 4. The summed E-state index contributed by atoms with van der Waals surface area (Å²) in [5.74, 6) is -4.45. The first-order chi connectivity index (χ1) is 21.9. The van der Waals surface area contributed by atoms with Crippen molar-refractivity contribution < 1.29 is 24.3 Å². The average molecular weight is 618 g/mol. The Morgan fingerprint density at radius 2 is 1.52 bits per heavy atom. The highest BCUT2D eigenvalue weighted by Crippen LogP contribution is 2.65. The van der Waals surface area contributed by atoms with Gasteiger partial charge in [-0.3, -0.25) is 29.5 Å². The number of amides is 4. The number of rotatable bonds is 4. The van der Waals surface area contributed by atoms with Crippen LogP contribution in [0.1, 0.15) is 61.8 Å². The minimum atomic E-state index is -1.41. The third-order valence-corrected chi connectivity index (χ3v) is 10.6. The first kappa shape index (κ1) is 30.0. The summed E-state index contributed by atoms with van der Waals surface area (Å²) in [4.78, 5) is 59.1. The summed E-state index contributed by atoms with van der Waals surface area (Å²) in [6, 6.07) is 22.3. The maximum absolute atomic E-state index is 15.1. The van der Waals surface area contributed by atoms with Crippen molar-refractivity contribution in [2.75, 3.05) is 5.43 Å². The number of benzene rings is 3. The third-order valence-electron chi connectivity index (χ3n) is 10.6. The molecule has 8 nitrogen and oxygen atoms in total. The van der Waals surface area contributed by atoms with Crippen molar-refractivity contribution in [3.05, 3.63) is 107 Å². The van der Waals surface area contributed by atoms with Crippen molar-refractivity contribution in [3.8, 4) is 5.75 Å². The lowest BCUT2D eigenvalue weighted by Crippen LogP contribution is -2.53. The molecular weight excluding hydrogens is 578 g/mol. The fourth-order valence-electron chi connectivity index (χ4n) is 8.67. The number of imide groups is 2. The Morgan fingerprint density at radius 1 is 0.826 bits per heavy atom. The molecule has 0 radical (unpaired) electrons. The fourth-order valence-corrected chi connectivity index (χ4v) is 8.67. The molecule has 2 heterocycles. The van der Waals surface area contributed by atoms with Crippen LogP contribution in [0.5, 0.6) is 5.75 Å². The molecule has 4 amide bonds. The number of carbonyl (C=O) groups excluding carboxylic acids is 4. The summed E-state index contributed by atoms with van der Waals surface area (Å²) in [6.45, 7) is 9.35. The van der Waals surface area contributed by atoms with Crippen molar-refractivity contribution >= 4 is 29.3 Å². The van der Waals surface area contributed by atoms with Crippen molar-refractivity contribution in [1.29, 1.82) is 0 Å². The standard InChI is InChI=1S/C38H39N3O5/c1-21-14-16-24(17-15-21)39-41-34(44)29-20-28-25(18-19-26-30(28)35(45)40(33(26)43)37(3,4)5)31(27-13-9-10-22(2)32(27)42)38(29,36(41)46)23-11-7-6-8-12-23/h6-18,26,28-31,39,42H,19-20H2,1-5H3. The maximum Gasteiger partial charge on any atom is 0.260 e. The molecule has 3 fully saturated rings. The number of hydrazine groups is 1. The fraction of sp³-hybridized carbons (Fsp3) is 0.368. The summed E-state index contributed by atoms with van der Waals surface area (Å²) >= 11 is 0. The van der Waals surface area contributed by atoms with Crippen LogP contribution in [0, 0.1) is 37.5 Å². The van der Waals surface area contributed by atoms with Crippen LogP contribution in [-0.4, -0.2) is 44.2 Å². The zero-order chi connectivity index (χ0) is 32.7. The highest BCUT2D eigenvalue weighted by atomic mass is 16.3. The Bertz CT molecular complexity index is 1810. The first-order valence-electron chi connectivity index (χ1n) is 16.0. The van der Waals surface area contributed by atoms with Gasteiger partial charge in [0, 0.05) is 17.0 Å². The van der Waals surface area contributed by atoms with Gasteiger partial charge in [-0.2, -0.15) is 5.01 Å². The first-order valence-corrected chi connectivity index (χ1v) is 16.0. The van der Waals surface area contributed by atoms with Gasteiger partial charge in [-0.15, -0.1) is 0 Å². The number of hydrogen-bond acceptors (Lipinski definition) is 6. The molecule has 2 aliphatic carbocycles. The van der Waals surface area contributed by atoms with Crippen molar-refractivity contribution in [3.63, 3.8) is 0 Å². The molecule has 4 aliphatic rings. The number of nitrogens with one attached hydrogen (secondary N) is 1. The van der Waals surface area contributed by atoms with E-state index >= 15 is 4.79 Å². The van der Waals surface area contributed by atoms with Gasteiger partial charge in [-0.05, 0) is 76.6 Å². The monoisotopic (exact) mass is 617 g/mol. The van der Waals surface area contributed by atoms with Crippen molar-refractivity contribution in [2.24, 2.45) is 23.7 Å². The SMILES string of the molecule is Cc1ccc(NN2C(=O)C3CC4C(=CCC5C(=O)N(C(C)(C)C)C(=O)C54)C(c4cccc(C)c4O)C3(c3ccccc3)C2=O)cc1. The predicted octanol–water partition coefficient (Wildman–Crippen LogP) is 5.79. The van der Waals surface area contributed by atoms with Crippen molar-refractivity contribution in [1.82, 2.24) is 9.91 Å². The smallest absolute Gasteiger partial charge is 0.260 e. The molecule has 0 spiro atoms. The molecule has 236 valence electrons. The summed E-state index contributed by atoms with van der Waals surface area (Å²) in [5.41, 5.74) is 5.32. The molecule has 8 heteroatoms. The number of carbonyl (C=O) groups is 4. The van der Waals surface area contributed by atoms with Gasteiger partial charge in [0.05, 0.1) is 28.9 Å². The quantitative estimate of drug-likeness (QED) is 0.284. The second kappa shape index (κ2) is 10.4. The van der Waals surface area contributed by atoms with Crippen LogP contribution in [0.3, 0.4) is 0 Å². The van der Waals surface area contributed by atoms with Crippen LogP contribution >= 0.6 is 0 Å². The number of allylic oxidation sites excluding steroid dienone is 2. The van der Waals surface area contributed by atoms with E-state index in [4.69, 9.17) is 0 Å². The van der Waals surface area contributed by atoms with Crippen LogP contribution in [0.2, 0.25) is 0 Å². The number of anilines is 1. The van der Waals surface area contributed by atoms with Crippen LogP contribution in [0.25, 0.3) is 0 Å². The molecule has 2 saturated heterocycles. The third kappa shape index (κ3) is 4.11. The van der Waals surface area contributed by atoms with E-state index in [0.29, 0.717) is 28.8 Å². The number of para-hydroxylation sites is 1. The zero-order valence-corrected chi connectivity index (χ0v) is 26.8. The Kier molecular flexibility index (Phi) is 6.78. The predicted molar refractivity (Wildman–Crippen MR) is 173 cm³/mol. The molecule has 6 unspecified atom stereocenters. The number of phenols is 1. The number of nitrogens with zero attached hydrogens (tertiary/aromatic N) is 2. The normalized spacial score (nSPS) is 29.0. The van der Waals surface area contributed by atoms with E-state index in [1.807, 2.05) is 113 Å². The molecule has 0 aromatic heterocycles. The Labute approximate surface area is 269 Å². The molecule has 1 saturated carbocycles. The molecule has 2 N–H and O–H groups in total. The van der Waals surface area contributed by atoms with Gasteiger partial charge < -0.3 is 5.11 Å². The number of hydrogen-bond donors (Lipinski definition) is 2. The lowest BCUT2D eigenvalue weighted by atomic mass is 9.49. The Hall–Kier alpha value is -4.72. The lowest BCUT2D eigenvalue weighted by molar-refractivity contribution is -0.146. The summed E-state index contributed by atoms with van der Waals surface area (Å²) < 4.78 is 0. The summed E-state index contributed by atoms with van der Waals surface area (Å²) in [7, 11) is 0. The topological polar surface area (TPSA) is 107 Å². The Morgan fingerprint density at radius 3 is 2.20 bits per heavy atom. The molecule has 3 aromatic carbocycles. The van der Waals surface area contributed by atoms with Crippen LogP contribution < -0.4 is 5.43 Å². The van der Waals surface area contributed by atoms with Crippen molar-refractivity contribution in [2.45, 2.75) is 64.3 Å². The molecule has 0 bridgehead atoms. The van der Waals surface area contributed by atoms with Gasteiger partial charge >= 0.3 is 0 Å². The highest BCUT2D eigenvalue weighted by Gasteiger charge is 2.70. The van der Waals surface area contributed by atoms with Gasteiger partial charge in [0.1, 0.15) is 5.75 Å². The van der Waals surface area contributed by atoms with E-state index in [0.717, 1.165) is 16.1 Å². The minimum absolute atomic E-state index is 0.0561. The summed E-state index contributed by atoms with van der Waals surface area (Å²) in [6.07, 6.45) is 2.59. The van der Waals surface area contributed by atoms with Gasteiger partial charge in [-0.25, -0.2) is 0 Å². The molecule has 46 heavy (non-hydrogen) atoms. The molecule has 3 aromatic rings. The highest BCUT2D eigenvalue weighted by molar-refractivity contribution is 6.13. The largest absolute Gasteiger partial charge is 0.507 e.